The Morgan fingerprint density at radius 3 is 2.86 bits per heavy atom. The van der Waals surface area contributed by atoms with Crippen molar-refractivity contribution in [3.63, 3.8) is 0 Å². The molecule has 0 aliphatic heterocycles. The average Bonchev–Trinajstić information content (AvgIpc) is 2.16. The van der Waals surface area contributed by atoms with Crippen molar-refractivity contribution in [2.24, 2.45) is 5.73 Å². The van der Waals surface area contributed by atoms with E-state index in [9.17, 15) is 0 Å². The molecule has 4 heteroatoms. The monoisotopic (exact) mass is 293 g/mol. The number of benzene rings is 1. The summed E-state index contributed by atoms with van der Waals surface area (Å²) in [5, 5.41) is 1.30. The average molecular weight is 295 g/mol. The predicted octanol–water partition coefficient (Wildman–Crippen LogP) is 3.68. The standard InChI is InChI=1S/C10H13BrClNS/c1-7(5-13)14-6-8-2-3-9(11)4-10(8)12/h2-4,7H,5-6,13H2,1H3. The predicted molar refractivity (Wildman–Crippen MR) is 69.0 cm³/mol. The summed E-state index contributed by atoms with van der Waals surface area (Å²) < 4.78 is 1.02. The van der Waals surface area contributed by atoms with Crippen molar-refractivity contribution in [2.75, 3.05) is 6.54 Å². The highest BCUT2D eigenvalue weighted by Crippen LogP contribution is 2.26. The fourth-order valence-corrected chi connectivity index (χ4v) is 2.61. The summed E-state index contributed by atoms with van der Waals surface area (Å²) in [6.45, 7) is 2.83. The van der Waals surface area contributed by atoms with Crippen LogP contribution in [-0.2, 0) is 5.75 Å². The van der Waals surface area contributed by atoms with E-state index in [0.29, 0.717) is 11.8 Å². The SMILES string of the molecule is CC(CN)SCc1ccc(Br)cc1Cl. The van der Waals surface area contributed by atoms with Crippen molar-refractivity contribution in [1.29, 1.82) is 0 Å². The molecule has 1 aromatic rings. The molecule has 2 N–H and O–H groups in total. The number of thioether (sulfide) groups is 1. The Labute approximate surface area is 103 Å². The minimum Gasteiger partial charge on any atom is -0.329 e. The third-order valence-corrected chi connectivity index (χ3v) is 3.95. The highest BCUT2D eigenvalue weighted by Gasteiger charge is 2.04. The van der Waals surface area contributed by atoms with Crippen molar-refractivity contribution >= 4 is 39.3 Å². The number of nitrogens with two attached hydrogens (primary N) is 1. The van der Waals surface area contributed by atoms with Gasteiger partial charge in [-0.25, -0.2) is 0 Å². The van der Waals surface area contributed by atoms with Crippen LogP contribution in [-0.4, -0.2) is 11.8 Å². The zero-order valence-corrected chi connectivity index (χ0v) is 11.1. The Morgan fingerprint density at radius 2 is 2.29 bits per heavy atom. The summed E-state index contributed by atoms with van der Waals surface area (Å²) in [6.07, 6.45) is 0. The second-order valence-electron chi connectivity index (χ2n) is 3.09. The van der Waals surface area contributed by atoms with Gasteiger partial charge in [0.15, 0.2) is 0 Å². The van der Waals surface area contributed by atoms with Gasteiger partial charge < -0.3 is 5.73 Å². The van der Waals surface area contributed by atoms with E-state index in [2.05, 4.69) is 22.9 Å². The van der Waals surface area contributed by atoms with Gasteiger partial charge in [0.2, 0.25) is 0 Å². The van der Waals surface area contributed by atoms with Crippen LogP contribution in [0, 0.1) is 0 Å². The summed E-state index contributed by atoms with van der Waals surface area (Å²) in [5.74, 6) is 0.921. The van der Waals surface area contributed by atoms with Crippen LogP contribution >= 0.6 is 39.3 Å². The Morgan fingerprint density at radius 1 is 1.57 bits per heavy atom. The van der Waals surface area contributed by atoms with Crippen LogP contribution in [0.4, 0.5) is 0 Å². The van der Waals surface area contributed by atoms with Crippen LogP contribution in [0.2, 0.25) is 5.02 Å². The zero-order valence-electron chi connectivity index (χ0n) is 7.97. The van der Waals surface area contributed by atoms with Crippen LogP contribution in [0.3, 0.4) is 0 Å². The molecule has 0 saturated carbocycles. The largest absolute Gasteiger partial charge is 0.329 e. The molecule has 0 saturated heterocycles. The van der Waals surface area contributed by atoms with Gasteiger partial charge in [-0.3, -0.25) is 0 Å². The van der Waals surface area contributed by atoms with Gasteiger partial charge >= 0.3 is 0 Å². The Bertz CT molecular complexity index is 306. The van der Waals surface area contributed by atoms with Gasteiger partial charge in [0, 0.05) is 27.0 Å². The smallest absolute Gasteiger partial charge is 0.0457 e. The molecule has 0 aliphatic carbocycles. The summed E-state index contributed by atoms with van der Waals surface area (Å²) in [5.41, 5.74) is 6.70. The maximum Gasteiger partial charge on any atom is 0.0457 e. The lowest BCUT2D eigenvalue weighted by atomic mass is 10.2. The first-order valence-electron chi connectivity index (χ1n) is 4.39. The number of hydrogen-bond donors (Lipinski definition) is 1. The Hall–Kier alpha value is 0.300. The van der Waals surface area contributed by atoms with E-state index in [1.807, 2.05) is 30.0 Å². The molecule has 0 heterocycles. The van der Waals surface area contributed by atoms with E-state index in [1.54, 1.807) is 0 Å². The van der Waals surface area contributed by atoms with Crippen LogP contribution < -0.4 is 5.73 Å². The first kappa shape index (κ1) is 12.4. The lowest BCUT2D eigenvalue weighted by molar-refractivity contribution is 0.951. The summed E-state index contributed by atoms with van der Waals surface area (Å²) in [7, 11) is 0. The Kier molecular flexibility index (Phi) is 5.31. The summed E-state index contributed by atoms with van der Waals surface area (Å²) >= 11 is 11.3. The molecule has 1 rings (SSSR count). The van der Waals surface area contributed by atoms with Crippen LogP contribution in [0.5, 0.6) is 0 Å². The topological polar surface area (TPSA) is 26.0 Å². The molecule has 0 aromatic heterocycles. The van der Waals surface area contributed by atoms with E-state index in [0.717, 1.165) is 15.2 Å². The third kappa shape index (κ3) is 3.81. The fourth-order valence-electron chi connectivity index (χ4n) is 0.939. The fraction of sp³-hybridized carbons (Fsp3) is 0.400. The minimum atomic E-state index is 0.481. The van der Waals surface area contributed by atoms with Gasteiger partial charge in [0.25, 0.3) is 0 Å². The highest BCUT2D eigenvalue weighted by molar-refractivity contribution is 9.10. The van der Waals surface area contributed by atoms with Crippen molar-refractivity contribution in [3.05, 3.63) is 33.3 Å². The number of halogens is 2. The molecule has 0 fully saturated rings. The summed E-state index contributed by atoms with van der Waals surface area (Å²) in [6, 6.07) is 5.97. The third-order valence-electron chi connectivity index (χ3n) is 1.87. The first-order valence-corrected chi connectivity index (χ1v) is 6.61. The Balaban J connectivity index is 2.59. The lowest BCUT2D eigenvalue weighted by Crippen LogP contribution is -2.12. The normalized spacial score (nSPS) is 12.9. The number of hydrogen-bond acceptors (Lipinski definition) is 2. The second-order valence-corrected chi connectivity index (χ2v) is 5.84. The highest BCUT2D eigenvalue weighted by atomic mass is 79.9. The van der Waals surface area contributed by atoms with Crippen LogP contribution in [0.25, 0.3) is 0 Å². The molecule has 0 spiro atoms. The van der Waals surface area contributed by atoms with E-state index < -0.39 is 0 Å². The van der Waals surface area contributed by atoms with E-state index in [1.165, 1.54) is 5.56 Å². The van der Waals surface area contributed by atoms with Crippen LogP contribution in [0.1, 0.15) is 12.5 Å². The molecule has 1 atom stereocenters. The quantitative estimate of drug-likeness (QED) is 0.916. The van der Waals surface area contributed by atoms with Crippen molar-refractivity contribution < 1.29 is 0 Å². The van der Waals surface area contributed by atoms with E-state index >= 15 is 0 Å². The first-order chi connectivity index (χ1) is 6.63. The van der Waals surface area contributed by atoms with Gasteiger partial charge in [-0.05, 0) is 17.7 Å². The molecule has 1 nitrogen and oxygen atoms in total. The molecule has 0 amide bonds. The van der Waals surface area contributed by atoms with Gasteiger partial charge in [0.1, 0.15) is 0 Å². The van der Waals surface area contributed by atoms with Gasteiger partial charge in [0.05, 0.1) is 0 Å². The molecular weight excluding hydrogens is 282 g/mol. The maximum atomic E-state index is 6.08. The lowest BCUT2D eigenvalue weighted by Gasteiger charge is -2.09. The van der Waals surface area contributed by atoms with Gasteiger partial charge in [-0.15, -0.1) is 0 Å². The van der Waals surface area contributed by atoms with Crippen molar-refractivity contribution in [1.82, 2.24) is 0 Å². The minimum absolute atomic E-state index is 0.481. The zero-order chi connectivity index (χ0) is 10.6. The van der Waals surface area contributed by atoms with Crippen molar-refractivity contribution in [3.8, 4) is 0 Å². The molecule has 0 aliphatic rings. The molecule has 1 aromatic carbocycles. The van der Waals surface area contributed by atoms with Crippen LogP contribution in [0.15, 0.2) is 22.7 Å². The van der Waals surface area contributed by atoms with Crippen molar-refractivity contribution in [2.45, 2.75) is 17.9 Å². The molecule has 0 bridgehead atoms. The molecule has 14 heavy (non-hydrogen) atoms. The van der Waals surface area contributed by atoms with E-state index in [-0.39, 0.29) is 0 Å². The van der Waals surface area contributed by atoms with Gasteiger partial charge in [-0.2, -0.15) is 11.8 Å². The van der Waals surface area contributed by atoms with Gasteiger partial charge in [-0.1, -0.05) is 40.5 Å². The molecule has 1 unspecified atom stereocenters. The molecule has 0 radical (unpaired) electrons. The summed E-state index contributed by atoms with van der Waals surface area (Å²) in [4.78, 5) is 0. The van der Waals surface area contributed by atoms with E-state index in [4.69, 9.17) is 17.3 Å². The second kappa shape index (κ2) is 6.01. The number of rotatable bonds is 4. The molecular formula is C10H13BrClNS. The maximum absolute atomic E-state index is 6.08. The molecule has 78 valence electrons.